The van der Waals surface area contributed by atoms with Crippen molar-refractivity contribution in [2.24, 2.45) is 0 Å². The van der Waals surface area contributed by atoms with Crippen molar-refractivity contribution in [3.05, 3.63) is 88.5 Å². The van der Waals surface area contributed by atoms with Gasteiger partial charge < -0.3 is 9.72 Å². The summed E-state index contributed by atoms with van der Waals surface area (Å²) in [7, 11) is 1.61. The molecule has 0 aliphatic carbocycles. The molecule has 2 heterocycles. The molecule has 4 rings (SSSR count). The van der Waals surface area contributed by atoms with Gasteiger partial charge in [0.05, 0.1) is 18.4 Å². The molecule has 0 spiro atoms. The van der Waals surface area contributed by atoms with Crippen molar-refractivity contribution in [1.82, 2.24) is 14.8 Å². The summed E-state index contributed by atoms with van der Waals surface area (Å²) >= 11 is 0. The molecule has 0 bridgehead atoms. The number of rotatable bonds is 4. The summed E-state index contributed by atoms with van der Waals surface area (Å²) < 4.78 is 6.60. The van der Waals surface area contributed by atoms with E-state index in [9.17, 15) is 4.79 Å². The van der Waals surface area contributed by atoms with Gasteiger partial charge in [0.1, 0.15) is 11.4 Å². The van der Waals surface area contributed by atoms with Crippen molar-refractivity contribution >= 4 is 0 Å². The minimum absolute atomic E-state index is 0.133. The summed E-state index contributed by atoms with van der Waals surface area (Å²) in [6.45, 7) is 0. The summed E-state index contributed by atoms with van der Waals surface area (Å²) in [6.07, 6.45) is 4.33. The first-order valence-electron chi connectivity index (χ1n) is 8.03. The second-order valence-electron chi connectivity index (χ2n) is 5.82. The second kappa shape index (κ2) is 6.28. The number of benzene rings is 2. The maximum absolute atomic E-state index is 12.7. The first-order chi connectivity index (χ1) is 12.3. The lowest BCUT2D eigenvalue weighted by Gasteiger charge is -2.05. The molecule has 1 N–H and O–H groups in total. The fourth-order valence-electron chi connectivity index (χ4n) is 2.92. The Bertz CT molecular complexity index is 1020. The van der Waals surface area contributed by atoms with E-state index < -0.39 is 0 Å². The van der Waals surface area contributed by atoms with Gasteiger partial charge in [-0.05, 0) is 29.8 Å². The van der Waals surface area contributed by atoms with Crippen LogP contribution in [0.2, 0.25) is 0 Å². The van der Waals surface area contributed by atoms with Crippen molar-refractivity contribution in [3.8, 4) is 22.7 Å². The highest BCUT2D eigenvalue weighted by Crippen LogP contribution is 2.23. The Morgan fingerprint density at radius 1 is 1.04 bits per heavy atom. The molecule has 0 unspecified atom stereocenters. The van der Waals surface area contributed by atoms with E-state index in [4.69, 9.17) is 4.74 Å². The number of aromatic nitrogens is 3. The Morgan fingerprint density at radius 3 is 2.52 bits per heavy atom. The maximum Gasteiger partial charge on any atom is 0.282 e. The Morgan fingerprint density at radius 2 is 1.80 bits per heavy atom. The van der Waals surface area contributed by atoms with E-state index in [1.807, 2.05) is 48.7 Å². The number of H-pyrrole nitrogens is 1. The summed E-state index contributed by atoms with van der Waals surface area (Å²) in [5.74, 6) is 0.742. The fraction of sp³-hybridized carbons (Fsp3) is 0.100. The van der Waals surface area contributed by atoms with E-state index in [1.165, 1.54) is 10.2 Å². The third kappa shape index (κ3) is 2.80. The molecule has 2 aromatic carbocycles. The maximum atomic E-state index is 12.7. The summed E-state index contributed by atoms with van der Waals surface area (Å²) in [6, 6.07) is 17.4. The van der Waals surface area contributed by atoms with Crippen LogP contribution in [0.3, 0.4) is 0 Å². The van der Waals surface area contributed by atoms with E-state index in [-0.39, 0.29) is 5.56 Å². The van der Waals surface area contributed by atoms with Gasteiger partial charge >= 0.3 is 0 Å². The number of nitrogens with zero attached hydrogens (tertiary/aromatic N) is 2. The Labute approximate surface area is 144 Å². The highest BCUT2D eigenvalue weighted by molar-refractivity contribution is 5.64. The quantitative estimate of drug-likeness (QED) is 0.624. The van der Waals surface area contributed by atoms with Crippen molar-refractivity contribution in [3.63, 3.8) is 0 Å². The van der Waals surface area contributed by atoms with Crippen LogP contribution in [0.25, 0.3) is 16.9 Å². The van der Waals surface area contributed by atoms with Gasteiger partial charge in [-0.2, -0.15) is 9.78 Å². The molecule has 0 radical (unpaired) electrons. The Kier molecular flexibility index (Phi) is 3.82. The summed E-state index contributed by atoms with van der Waals surface area (Å²) in [4.78, 5) is 15.8. The van der Waals surface area contributed by atoms with E-state index >= 15 is 0 Å². The minimum Gasteiger partial charge on any atom is -0.497 e. The molecule has 5 nitrogen and oxygen atoms in total. The molecule has 0 atom stereocenters. The number of ether oxygens (including phenoxy) is 1. The van der Waals surface area contributed by atoms with Crippen LogP contribution < -0.4 is 10.3 Å². The number of fused-ring (bicyclic) bond motifs is 1. The third-order valence-electron chi connectivity index (χ3n) is 4.22. The van der Waals surface area contributed by atoms with E-state index in [2.05, 4.69) is 22.2 Å². The second-order valence-corrected chi connectivity index (χ2v) is 5.82. The predicted octanol–water partition coefficient (Wildman–Crippen LogP) is 3.26. The normalized spacial score (nSPS) is 10.9. The molecule has 2 aliphatic rings. The topological polar surface area (TPSA) is 59.9 Å². The zero-order valence-corrected chi connectivity index (χ0v) is 13.8. The van der Waals surface area contributed by atoms with Crippen LogP contribution in [0.15, 0.2) is 71.8 Å². The monoisotopic (exact) mass is 331 g/mol. The van der Waals surface area contributed by atoms with Gasteiger partial charge in [0.15, 0.2) is 0 Å². The molecule has 2 aromatic rings. The largest absolute Gasteiger partial charge is 0.497 e. The van der Waals surface area contributed by atoms with Crippen molar-refractivity contribution < 1.29 is 4.74 Å². The highest BCUT2D eigenvalue weighted by Gasteiger charge is 2.19. The lowest BCUT2D eigenvalue weighted by molar-refractivity contribution is 0.414. The van der Waals surface area contributed by atoms with Crippen molar-refractivity contribution in [1.29, 1.82) is 0 Å². The molecule has 0 saturated heterocycles. The first-order valence-corrected chi connectivity index (χ1v) is 8.03. The predicted molar refractivity (Wildman–Crippen MR) is 96.6 cm³/mol. The van der Waals surface area contributed by atoms with Gasteiger partial charge in [-0.3, -0.25) is 4.79 Å². The molecule has 0 aromatic heterocycles. The van der Waals surface area contributed by atoms with Gasteiger partial charge in [-0.15, -0.1) is 0 Å². The number of aromatic amines is 1. The SMILES string of the molecule is COc1ccc(-n2nc3c(Cc4ccccc4)c[nH]cc-3c2=O)cc1. The lowest BCUT2D eigenvalue weighted by atomic mass is 10.0. The number of nitrogens with one attached hydrogen (secondary N) is 1. The zero-order valence-electron chi connectivity index (χ0n) is 13.8. The Hall–Kier alpha value is -3.34. The number of pyridine rings is 1. The third-order valence-corrected chi connectivity index (χ3v) is 4.22. The van der Waals surface area contributed by atoms with Crippen LogP contribution in [-0.4, -0.2) is 21.9 Å². The van der Waals surface area contributed by atoms with Gasteiger partial charge in [0.2, 0.25) is 0 Å². The van der Waals surface area contributed by atoms with E-state index in [0.717, 1.165) is 17.0 Å². The molecule has 0 saturated carbocycles. The molecule has 0 fully saturated rings. The first kappa shape index (κ1) is 15.2. The van der Waals surface area contributed by atoms with Crippen molar-refractivity contribution in [2.45, 2.75) is 6.42 Å². The smallest absolute Gasteiger partial charge is 0.282 e. The van der Waals surface area contributed by atoms with E-state index in [1.54, 1.807) is 13.3 Å². The summed E-state index contributed by atoms with van der Waals surface area (Å²) in [5.41, 5.74) is 4.06. The van der Waals surface area contributed by atoms with Crippen molar-refractivity contribution in [2.75, 3.05) is 7.11 Å². The molecule has 124 valence electrons. The number of hydrogen-bond donors (Lipinski definition) is 1. The van der Waals surface area contributed by atoms with Crippen LogP contribution in [0.5, 0.6) is 5.75 Å². The van der Waals surface area contributed by atoms with Gasteiger partial charge in [0, 0.05) is 24.4 Å². The molecule has 0 amide bonds. The highest BCUT2D eigenvalue weighted by atomic mass is 16.5. The number of hydrogen-bond acceptors (Lipinski definition) is 3. The zero-order chi connectivity index (χ0) is 17.2. The van der Waals surface area contributed by atoms with Crippen LogP contribution in [0.4, 0.5) is 0 Å². The van der Waals surface area contributed by atoms with Gasteiger partial charge in [0.25, 0.3) is 5.56 Å². The fourth-order valence-corrected chi connectivity index (χ4v) is 2.92. The molecule has 2 aliphatic heterocycles. The van der Waals surface area contributed by atoms with Crippen LogP contribution in [-0.2, 0) is 6.42 Å². The van der Waals surface area contributed by atoms with Gasteiger partial charge in [-0.25, -0.2) is 0 Å². The van der Waals surface area contributed by atoms with E-state index in [0.29, 0.717) is 17.7 Å². The van der Waals surface area contributed by atoms with Gasteiger partial charge in [-0.1, -0.05) is 30.3 Å². The van der Waals surface area contributed by atoms with Crippen LogP contribution >= 0.6 is 0 Å². The lowest BCUT2D eigenvalue weighted by Crippen LogP contribution is -2.14. The molecular formula is C20H17N3O2. The molecular weight excluding hydrogens is 314 g/mol. The van der Waals surface area contributed by atoms with Crippen LogP contribution in [0, 0.1) is 0 Å². The molecule has 5 heteroatoms. The standard InChI is InChI=1S/C20H17N3O2/c1-25-17-9-7-16(8-10-17)23-20(24)18-13-21-12-15(19(18)22-23)11-14-5-3-2-4-6-14/h2-10,12-13,21H,11H2,1H3. The average molecular weight is 331 g/mol. The molecule has 25 heavy (non-hydrogen) atoms. The average Bonchev–Trinajstić information content (AvgIpc) is 3.01. The minimum atomic E-state index is -0.133. The van der Waals surface area contributed by atoms with Crippen LogP contribution in [0.1, 0.15) is 11.1 Å². The number of methoxy groups -OCH3 is 1. The Balaban J connectivity index is 1.79. The summed E-state index contributed by atoms with van der Waals surface area (Å²) in [5, 5.41) is 4.58.